The molecule has 0 aliphatic carbocycles. The molecule has 0 aromatic heterocycles. The van der Waals surface area contributed by atoms with Crippen LogP contribution >= 0.6 is 7.60 Å². The standard InChI is InChI=1S/C6H15O5P/c1-5(7)6(9-2)12(8,10-3)11-4/h5-7H,1-4H3/t5-,6-/m0/s1. The van der Waals surface area contributed by atoms with Gasteiger partial charge in [0.1, 0.15) is 0 Å². The minimum absolute atomic E-state index is 0.902. The molecule has 2 atom stereocenters. The molecule has 0 aromatic carbocycles. The summed E-state index contributed by atoms with van der Waals surface area (Å²) in [5.74, 6) is -0.938. The lowest BCUT2D eigenvalue weighted by Gasteiger charge is -2.24. The minimum Gasteiger partial charge on any atom is -0.390 e. The molecule has 5 nitrogen and oxygen atoms in total. The first-order chi connectivity index (χ1) is 5.51. The fourth-order valence-electron chi connectivity index (χ4n) is 0.873. The maximum atomic E-state index is 11.6. The van der Waals surface area contributed by atoms with Crippen molar-refractivity contribution < 1.29 is 23.5 Å². The van der Waals surface area contributed by atoms with Crippen LogP contribution in [0.3, 0.4) is 0 Å². The van der Waals surface area contributed by atoms with E-state index in [9.17, 15) is 4.57 Å². The van der Waals surface area contributed by atoms with E-state index >= 15 is 0 Å². The van der Waals surface area contributed by atoms with Crippen LogP contribution in [0.25, 0.3) is 0 Å². The van der Waals surface area contributed by atoms with Crippen molar-refractivity contribution in [2.24, 2.45) is 0 Å². The number of aliphatic hydroxyl groups is 1. The van der Waals surface area contributed by atoms with Crippen LogP contribution in [0.1, 0.15) is 6.92 Å². The molecule has 0 amide bonds. The average molecular weight is 198 g/mol. The Balaban J connectivity index is 4.56. The van der Waals surface area contributed by atoms with Crippen molar-refractivity contribution in [1.82, 2.24) is 0 Å². The van der Waals surface area contributed by atoms with E-state index in [0.29, 0.717) is 0 Å². The predicted octanol–water partition coefficient (Wildman–Crippen LogP) is 0.826. The highest BCUT2D eigenvalue weighted by molar-refractivity contribution is 7.54. The lowest BCUT2D eigenvalue weighted by molar-refractivity contribution is 0.0267. The highest BCUT2D eigenvalue weighted by atomic mass is 31.2. The van der Waals surface area contributed by atoms with Gasteiger partial charge in [-0.1, -0.05) is 0 Å². The fraction of sp³-hybridized carbons (Fsp3) is 1.00. The highest BCUT2D eigenvalue weighted by Gasteiger charge is 2.37. The van der Waals surface area contributed by atoms with Crippen LogP contribution in [-0.4, -0.2) is 38.4 Å². The van der Waals surface area contributed by atoms with Gasteiger partial charge in [-0.05, 0) is 6.92 Å². The van der Waals surface area contributed by atoms with Crippen molar-refractivity contribution in [3.05, 3.63) is 0 Å². The molecule has 0 bridgehead atoms. The summed E-state index contributed by atoms with van der Waals surface area (Å²) in [5, 5.41) is 9.15. The van der Waals surface area contributed by atoms with Crippen LogP contribution in [0, 0.1) is 0 Å². The second-order valence-electron chi connectivity index (χ2n) is 2.27. The van der Waals surface area contributed by atoms with Crippen molar-refractivity contribution in [2.45, 2.75) is 18.9 Å². The van der Waals surface area contributed by atoms with Gasteiger partial charge in [-0.15, -0.1) is 0 Å². The molecule has 0 aliphatic heterocycles. The topological polar surface area (TPSA) is 65.0 Å². The zero-order valence-corrected chi connectivity index (χ0v) is 8.58. The molecular formula is C6H15O5P. The third-order valence-electron chi connectivity index (χ3n) is 1.47. The van der Waals surface area contributed by atoms with Crippen molar-refractivity contribution >= 4 is 7.60 Å². The van der Waals surface area contributed by atoms with Gasteiger partial charge < -0.3 is 18.9 Å². The maximum Gasteiger partial charge on any atom is 0.361 e. The van der Waals surface area contributed by atoms with Crippen molar-refractivity contribution in [1.29, 1.82) is 0 Å². The van der Waals surface area contributed by atoms with Crippen LogP contribution in [0.5, 0.6) is 0 Å². The molecule has 0 rings (SSSR count). The van der Waals surface area contributed by atoms with Gasteiger partial charge in [0.2, 0.25) is 0 Å². The van der Waals surface area contributed by atoms with E-state index in [2.05, 4.69) is 9.05 Å². The zero-order valence-electron chi connectivity index (χ0n) is 7.68. The molecule has 0 radical (unpaired) electrons. The lowest BCUT2D eigenvalue weighted by Crippen LogP contribution is -2.26. The van der Waals surface area contributed by atoms with Gasteiger partial charge in [0, 0.05) is 21.3 Å². The monoisotopic (exact) mass is 198 g/mol. The number of aliphatic hydroxyl groups excluding tert-OH is 1. The molecule has 12 heavy (non-hydrogen) atoms. The molecule has 0 saturated heterocycles. The van der Waals surface area contributed by atoms with Crippen LogP contribution in [0.2, 0.25) is 0 Å². The highest BCUT2D eigenvalue weighted by Crippen LogP contribution is 2.52. The quantitative estimate of drug-likeness (QED) is 0.662. The van der Waals surface area contributed by atoms with E-state index in [1.807, 2.05) is 0 Å². The molecule has 0 heterocycles. The van der Waals surface area contributed by atoms with Crippen LogP contribution < -0.4 is 0 Å². The predicted molar refractivity (Wildman–Crippen MR) is 44.1 cm³/mol. The van der Waals surface area contributed by atoms with E-state index in [0.717, 1.165) is 0 Å². The molecule has 0 aromatic rings. The Labute approximate surface area is 72.2 Å². The van der Waals surface area contributed by atoms with Crippen LogP contribution in [0.4, 0.5) is 0 Å². The summed E-state index contributed by atoms with van der Waals surface area (Å²) in [6.45, 7) is 1.46. The van der Waals surface area contributed by atoms with E-state index < -0.39 is 19.5 Å². The fourth-order valence-corrected chi connectivity index (χ4v) is 2.22. The molecule has 6 heteroatoms. The number of hydrogen-bond donors (Lipinski definition) is 1. The smallest absolute Gasteiger partial charge is 0.361 e. The number of hydrogen-bond acceptors (Lipinski definition) is 5. The Hall–Kier alpha value is 0.0700. The first-order valence-electron chi connectivity index (χ1n) is 3.44. The third-order valence-corrected chi connectivity index (χ3v) is 3.76. The summed E-state index contributed by atoms with van der Waals surface area (Å²) in [5.41, 5.74) is 0. The van der Waals surface area contributed by atoms with Crippen molar-refractivity contribution in [2.75, 3.05) is 21.3 Å². The van der Waals surface area contributed by atoms with Gasteiger partial charge in [-0.2, -0.15) is 0 Å². The lowest BCUT2D eigenvalue weighted by atomic mass is 10.4. The van der Waals surface area contributed by atoms with Gasteiger partial charge in [0.25, 0.3) is 0 Å². The molecule has 74 valence electrons. The molecule has 0 aliphatic rings. The SMILES string of the molecule is CO[C@H]([C@H](C)O)P(=O)(OC)OC. The van der Waals surface area contributed by atoms with Gasteiger partial charge in [-0.3, -0.25) is 4.57 Å². The van der Waals surface area contributed by atoms with Crippen LogP contribution in [0.15, 0.2) is 0 Å². The van der Waals surface area contributed by atoms with Gasteiger partial charge in [0.05, 0.1) is 6.10 Å². The van der Waals surface area contributed by atoms with Gasteiger partial charge >= 0.3 is 7.60 Å². The van der Waals surface area contributed by atoms with E-state index in [4.69, 9.17) is 9.84 Å². The summed E-state index contributed by atoms with van der Waals surface area (Å²) < 4.78 is 25.7. The summed E-state index contributed by atoms with van der Waals surface area (Å²) in [4.78, 5) is 0. The van der Waals surface area contributed by atoms with E-state index in [1.54, 1.807) is 0 Å². The molecule has 0 unspecified atom stereocenters. The number of rotatable bonds is 5. The summed E-state index contributed by atoms with van der Waals surface area (Å²) in [6.07, 6.45) is -0.902. The second-order valence-corrected chi connectivity index (χ2v) is 4.59. The Bertz CT molecular complexity index is 161. The molecule has 1 N–H and O–H groups in total. The Kier molecular flexibility index (Phi) is 4.97. The third kappa shape index (κ3) is 2.54. The second kappa shape index (κ2) is 4.94. The largest absolute Gasteiger partial charge is 0.390 e. The van der Waals surface area contributed by atoms with Gasteiger partial charge in [-0.25, -0.2) is 0 Å². The van der Waals surface area contributed by atoms with Crippen molar-refractivity contribution in [3.63, 3.8) is 0 Å². The van der Waals surface area contributed by atoms with E-state index in [-0.39, 0.29) is 0 Å². The summed E-state index contributed by atoms with van der Waals surface area (Å²) >= 11 is 0. The van der Waals surface area contributed by atoms with Gasteiger partial charge in [0.15, 0.2) is 5.85 Å². The Morgan fingerprint density at radius 2 is 1.67 bits per heavy atom. The van der Waals surface area contributed by atoms with Crippen LogP contribution in [-0.2, 0) is 18.3 Å². The zero-order chi connectivity index (χ0) is 9.78. The van der Waals surface area contributed by atoms with Crippen molar-refractivity contribution in [3.8, 4) is 0 Å². The number of ether oxygens (including phenoxy) is 1. The molecule has 0 fully saturated rings. The minimum atomic E-state index is -3.32. The first kappa shape index (κ1) is 12.1. The Morgan fingerprint density at radius 1 is 1.25 bits per heavy atom. The first-order valence-corrected chi connectivity index (χ1v) is 5.05. The summed E-state index contributed by atoms with van der Waals surface area (Å²) in [7, 11) is 0.513. The van der Waals surface area contributed by atoms with E-state index in [1.165, 1.54) is 28.3 Å². The average Bonchev–Trinajstić information content (AvgIpc) is 2.04. The maximum absolute atomic E-state index is 11.6. The molecular weight excluding hydrogens is 183 g/mol. The molecule has 0 saturated carbocycles. The molecule has 0 spiro atoms. The normalized spacial score (nSPS) is 17.4. The number of methoxy groups -OCH3 is 1. The Morgan fingerprint density at radius 3 is 1.75 bits per heavy atom. The summed E-state index contributed by atoms with van der Waals surface area (Å²) in [6, 6.07) is 0.